The summed E-state index contributed by atoms with van der Waals surface area (Å²) in [5.41, 5.74) is 0. The van der Waals surface area contributed by atoms with Gasteiger partial charge in [-0.3, -0.25) is 4.79 Å². The van der Waals surface area contributed by atoms with Crippen molar-refractivity contribution in [1.82, 2.24) is 0 Å². The quantitative estimate of drug-likeness (QED) is 0.540. The van der Waals surface area contributed by atoms with Crippen LogP contribution in [0.1, 0.15) is 10.6 Å². The maximum absolute atomic E-state index is 10.2. The van der Waals surface area contributed by atoms with E-state index in [0.717, 1.165) is 0 Å². The number of furan rings is 1. The third kappa shape index (κ3) is 0.898. The van der Waals surface area contributed by atoms with Gasteiger partial charge >= 0.3 is 0 Å². The monoisotopic (exact) mass is 129 g/mol. The van der Waals surface area contributed by atoms with Crippen molar-refractivity contribution in [3.63, 3.8) is 0 Å². The van der Waals surface area contributed by atoms with Crippen molar-refractivity contribution in [2.45, 2.75) is 0 Å². The SMILES string of the molecule is O=[11C](Cl)c1ccco1. The number of hydrogen-bond acceptors (Lipinski definition) is 2. The van der Waals surface area contributed by atoms with E-state index in [4.69, 9.17) is 11.6 Å². The third-order valence-electron chi connectivity index (χ3n) is 0.715. The molecule has 0 aliphatic rings. The van der Waals surface area contributed by atoms with Crippen molar-refractivity contribution in [1.29, 1.82) is 0 Å². The summed E-state index contributed by atoms with van der Waals surface area (Å²) in [6.45, 7) is 0. The van der Waals surface area contributed by atoms with Crippen LogP contribution in [0.15, 0.2) is 22.8 Å². The molecule has 8 heavy (non-hydrogen) atoms. The lowest BCUT2D eigenvalue weighted by molar-refractivity contribution is 0.105. The zero-order valence-corrected chi connectivity index (χ0v) is 4.68. The lowest BCUT2D eigenvalue weighted by atomic mass is 10.1. The van der Waals surface area contributed by atoms with E-state index in [1.54, 1.807) is 6.07 Å². The molecule has 0 bridgehead atoms. The predicted octanol–water partition coefficient (Wildman–Crippen LogP) is 1.66. The Kier molecular flexibility index (Phi) is 1.35. The van der Waals surface area contributed by atoms with Gasteiger partial charge in [-0.05, 0) is 23.7 Å². The lowest BCUT2D eigenvalue weighted by Gasteiger charge is -1.77. The third-order valence-corrected chi connectivity index (χ3v) is 0.901. The topological polar surface area (TPSA) is 30.2 Å². The summed E-state index contributed by atoms with van der Waals surface area (Å²) in [4.78, 5) is 10.2. The molecular formula is C5H3ClO2. The van der Waals surface area contributed by atoms with E-state index in [0.29, 0.717) is 0 Å². The number of rotatable bonds is 1. The molecule has 0 spiro atoms. The van der Waals surface area contributed by atoms with Gasteiger partial charge in [0, 0.05) is 0 Å². The molecule has 0 radical (unpaired) electrons. The van der Waals surface area contributed by atoms with Gasteiger partial charge in [0.2, 0.25) is 0 Å². The van der Waals surface area contributed by atoms with Crippen molar-refractivity contribution in [3.05, 3.63) is 24.2 Å². The van der Waals surface area contributed by atoms with Gasteiger partial charge in [-0.1, -0.05) is 0 Å². The van der Waals surface area contributed by atoms with Gasteiger partial charge in [0.05, 0.1) is 6.26 Å². The molecule has 0 atom stereocenters. The fraction of sp³-hybridized carbons (Fsp3) is 0. The Morgan fingerprint density at radius 1 is 1.75 bits per heavy atom. The van der Waals surface area contributed by atoms with Gasteiger partial charge in [0.15, 0.2) is 5.76 Å². The van der Waals surface area contributed by atoms with Crippen LogP contribution in [0.3, 0.4) is 0 Å². The largest absolute Gasteiger partial charge is 0.460 e. The van der Waals surface area contributed by atoms with E-state index in [1.807, 2.05) is 0 Å². The minimum atomic E-state index is -0.560. The van der Waals surface area contributed by atoms with Crippen molar-refractivity contribution < 1.29 is 9.21 Å². The Balaban J connectivity index is 2.93. The Morgan fingerprint density at radius 2 is 2.50 bits per heavy atom. The maximum Gasteiger partial charge on any atom is 0.287 e. The molecule has 1 aromatic heterocycles. The van der Waals surface area contributed by atoms with E-state index in [9.17, 15) is 4.79 Å². The molecule has 1 heterocycles. The number of carbonyl (C=O) groups is 1. The standard InChI is InChI=1S/C5H3ClO2/c6-5(7)4-2-1-3-8-4/h1-3H/i5-1. The van der Waals surface area contributed by atoms with E-state index in [2.05, 4.69) is 4.42 Å². The van der Waals surface area contributed by atoms with Gasteiger partial charge in [0.25, 0.3) is 5.24 Å². The molecular weight excluding hydrogens is 127 g/mol. The Bertz CT molecular complexity index is 178. The van der Waals surface area contributed by atoms with Crippen LogP contribution >= 0.6 is 11.6 Å². The molecule has 2 nitrogen and oxygen atoms in total. The molecule has 0 saturated carbocycles. The van der Waals surface area contributed by atoms with Gasteiger partial charge in [-0.25, -0.2) is 0 Å². The zero-order valence-electron chi connectivity index (χ0n) is 3.93. The number of halogens is 1. The molecule has 0 amide bonds. The van der Waals surface area contributed by atoms with Gasteiger partial charge in [0.1, 0.15) is 0 Å². The van der Waals surface area contributed by atoms with E-state index >= 15 is 0 Å². The van der Waals surface area contributed by atoms with Gasteiger partial charge in [-0.15, -0.1) is 0 Å². The lowest BCUT2D eigenvalue weighted by Crippen LogP contribution is -1.80. The van der Waals surface area contributed by atoms with E-state index < -0.39 is 5.24 Å². The van der Waals surface area contributed by atoms with E-state index in [1.165, 1.54) is 12.3 Å². The van der Waals surface area contributed by atoms with Crippen LogP contribution in [-0.2, 0) is 0 Å². The highest BCUT2D eigenvalue weighted by molar-refractivity contribution is 6.67. The molecule has 0 aliphatic heterocycles. The van der Waals surface area contributed by atoms with Crippen molar-refractivity contribution in [3.8, 4) is 0 Å². The zero-order chi connectivity index (χ0) is 5.98. The smallest absolute Gasteiger partial charge is 0.287 e. The summed E-state index contributed by atoms with van der Waals surface area (Å²) < 4.78 is 4.61. The van der Waals surface area contributed by atoms with Crippen LogP contribution in [0, 0.1) is 0 Å². The first-order valence-electron chi connectivity index (χ1n) is 2.04. The van der Waals surface area contributed by atoms with Crippen molar-refractivity contribution >= 4 is 16.8 Å². The fourth-order valence-electron chi connectivity index (χ4n) is 0.390. The highest BCUT2D eigenvalue weighted by Crippen LogP contribution is 2.02. The maximum atomic E-state index is 10.2. The second kappa shape index (κ2) is 2.01. The average molecular weight is 130 g/mol. The predicted molar refractivity (Wildman–Crippen MR) is 28.9 cm³/mol. The normalized spacial score (nSPS) is 9.12. The van der Waals surface area contributed by atoms with Crippen LogP contribution in [0.25, 0.3) is 0 Å². The Hall–Kier alpha value is -0.760. The molecule has 0 N–H and O–H groups in total. The number of hydrogen-bond donors (Lipinski definition) is 0. The molecule has 0 fully saturated rings. The summed E-state index contributed by atoms with van der Waals surface area (Å²) in [5.74, 6) is 0.187. The molecule has 0 aliphatic carbocycles. The average Bonchev–Trinajstić information content (AvgIpc) is 2.12. The first kappa shape index (κ1) is 5.38. The highest BCUT2D eigenvalue weighted by atomic mass is 35.5. The second-order valence-electron chi connectivity index (χ2n) is 1.25. The summed E-state index contributed by atoms with van der Waals surface area (Å²) in [7, 11) is 0. The van der Waals surface area contributed by atoms with Gasteiger partial charge < -0.3 is 4.42 Å². The first-order chi connectivity index (χ1) is 3.80. The molecule has 3 heteroatoms. The van der Waals surface area contributed by atoms with Crippen LogP contribution < -0.4 is 0 Å². The van der Waals surface area contributed by atoms with Gasteiger partial charge in [-0.2, -0.15) is 0 Å². The first-order valence-corrected chi connectivity index (χ1v) is 2.42. The summed E-state index contributed by atoms with van der Waals surface area (Å²) in [6.07, 6.45) is 1.40. The molecule has 42 valence electrons. The highest BCUT2D eigenvalue weighted by Gasteiger charge is 2.00. The van der Waals surface area contributed by atoms with Crippen molar-refractivity contribution in [2.75, 3.05) is 0 Å². The Morgan fingerprint density at radius 3 is 2.75 bits per heavy atom. The summed E-state index contributed by atoms with van der Waals surface area (Å²) >= 11 is 5.01. The summed E-state index contributed by atoms with van der Waals surface area (Å²) in [6, 6.07) is 3.12. The van der Waals surface area contributed by atoms with Crippen LogP contribution in [0.5, 0.6) is 0 Å². The molecule has 1 rings (SSSR count). The molecule has 0 aromatic carbocycles. The minimum absolute atomic E-state index is 0.187. The molecule has 1 aromatic rings. The molecule has 0 saturated heterocycles. The number of carbonyl (C=O) groups excluding carboxylic acids is 1. The van der Waals surface area contributed by atoms with Crippen LogP contribution in [-0.4, -0.2) is 5.24 Å². The summed E-state index contributed by atoms with van der Waals surface area (Å²) in [5, 5.41) is -0.560. The van der Waals surface area contributed by atoms with Crippen LogP contribution in [0.2, 0.25) is 0 Å². The fourth-order valence-corrected chi connectivity index (χ4v) is 0.498. The van der Waals surface area contributed by atoms with Crippen molar-refractivity contribution in [2.24, 2.45) is 0 Å². The van der Waals surface area contributed by atoms with E-state index in [-0.39, 0.29) is 5.76 Å². The second-order valence-corrected chi connectivity index (χ2v) is 1.59. The Labute approximate surface area is 51.1 Å². The van der Waals surface area contributed by atoms with Crippen LogP contribution in [0.4, 0.5) is 0 Å². The molecule has 0 unspecified atom stereocenters. The minimum Gasteiger partial charge on any atom is -0.460 e.